The second kappa shape index (κ2) is 7.92. The molecule has 1 atom stereocenters. The molecule has 7 heteroatoms. The summed E-state index contributed by atoms with van der Waals surface area (Å²) in [6, 6.07) is 12.9. The van der Waals surface area contributed by atoms with Crippen LogP contribution in [-0.4, -0.2) is 24.3 Å². The Hall–Kier alpha value is -2.67. The molecular formula is C20H20BrN3O3. The van der Waals surface area contributed by atoms with E-state index in [0.29, 0.717) is 17.9 Å². The predicted molar refractivity (Wildman–Crippen MR) is 109 cm³/mol. The zero-order chi connectivity index (χ0) is 19.6. The van der Waals surface area contributed by atoms with Gasteiger partial charge in [0.05, 0.1) is 17.3 Å². The number of anilines is 3. The van der Waals surface area contributed by atoms with Gasteiger partial charge in [0.25, 0.3) is 0 Å². The SMILES string of the molecule is CC(=O)Nc1ccc(Br)cc1NC(=O)[C@@H]1CC(=O)N(c2ccc(C)cc2)C1. The lowest BCUT2D eigenvalue weighted by molar-refractivity contribution is -0.122. The minimum Gasteiger partial charge on any atom is -0.325 e. The van der Waals surface area contributed by atoms with Crippen LogP contribution in [0.4, 0.5) is 17.1 Å². The number of nitrogens with one attached hydrogen (secondary N) is 2. The van der Waals surface area contributed by atoms with Crippen molar-refractivity contribution < 1.29 is 14.4 Å². The molecule has 140 valence electrons. The lowest BCUT2D eigenvalue weighted by Gasteiger charge is -2.17. The highest BCUT2D eigenvalue weighted by Gasteiger charge is 2.35. The molecule has 2 aromatic rings. The van der Waals surface area contributed by atoms with Gasteiger partial charge in [0.2, 0.25) is 17.7 Å². The van der Waals surface area contributed by atoms with Crippen molar-refractivity contribution in [2.24, 2.45) is 5.92 Å². The number of aryl methyl sites for hydroxylation is 1. The number of rotatable bonds is 4. The van der Waals surface area contributed by atoms with E-state index in [2.05, 4.69) is 26.6 Å². The second-order valence-electron chi connectivity index (χ2n) is 6.60. The molecule has 1 aliphatic rings. The van der Waals surface area contributed by atoms with Gasteiger partial charge in [0.15, 0.2) is 0 Å². The molecule has 1 heterocycles. The van der Waals surface area contributed by atoms with Gasteiger partial charge in [0.1, 0.15) is 0 Å². The summed E-state index contributed by atoms with van der Waals surface area (Å²) in [6.45, 7) is 3.72. The second-order valence-corrected chi connectivity index (χ2v) is 7.52. The maximum Gasteiger partial charge on any atom is 0.229 e. The van der Waals surface area contributed by atoms with E-state index in [1.54, 1.807) is 23.1 Å². The smallest absolute Gasteiger partial charge is 0.229 e. The number of carbonyl (C=O) groups excluding carboxylic acids is 3. The molecule has 1 aliphatic heterocycles. The fraction of sp³-hybridized carbons (Fsp3) is 0.250. The molecule has 0 saturated carbocycles. The van der Waals surface area contributed by atoms with Gasteiger partial charge in [0, 0.05) is 30.0 Å². The van der Waals surface area contributed by atoms with Crippen molar-refractivity contribution in [1.29, 1.82) is 0 Å². The van der Waals surface area contributed by atoms with E-state index in [9.17, 15) is 14.4 Å². The van der Waals surface area contributed by atoms with E-state index < -0.39 is 5.92 Å². The average molecular weight is 430 g/mol. The molecule has 27 heavy (non-hydrogen) atoms. The van der Waals surface area contributed by atoms with E-state index in [0.717, 1.165) is 15.7 Å². The minimum absolute atomic E-state index is 0.0738. The molecule has 1 saturated heterocycles. The van der Waals surface area contributed by atoms with Crippen LogP contribution in [0, 0.1) is 12.8 Å². The molecule has 3 rings (SSSR count). The Bertz CT molecular complexity index is 896. The fourth-order valence-electron chi connectivity index (χ4n) is 3.01. The normalized spacial score (nSPS) is 16.3. The first-order valence-electron chi connectivity index (χ1n) is 8.58. The Morgan fingerprint density at radius 3 is 2.44 bits per heavy atom. The van der Waals surface area contributed by atoms with E-state index in [1.165, 1.54) is 6.92 Å². The lowest BCUT2D eigenvalue weighted by Crippen LogP contribution is -2.28. The van der Waals surface area contributed by atoms with E-state index in [4.69, 9.17) is 0 Å². The molecule has 1 fully saturated rings. The topological polar surface area (TPSA) is 78.5 Å². The van der Waals surface area contributed by atoms with Gasteiger partial charge in [-0.05, 0) is 37.3 Å². The quantitative estimate of drug-likeness (QED) is 0.777. The largest absolute Gasteiger partial charge is 0.325 e. The van der Waals surface area contributed by atoms with Crippen LogP contribution >= 0.6 is 15.9 Å². The van der Waals surface area contributed by atoms with Crippen LogP contribution in [0.3, 0.4) is 0 Å². The summed E-state index contributed by atoms with van der Waals surface area (Å²) in [7, 11) is 0. The van der Waals surface area contributed by atoms with Gasteiger partial charge < -0.3 is 15.5 Å². The Kier molecular flexibility index (Phi) is 5.60. The van der Waals surface area contributed by atoms with Crippen molar-refractivity contribution in [2.75, 3.05) is 22.1 Å². The van der Waals surface area contributed by atoms with E-state index in [-0.39, 0.29) is 24.1 Å². The molecule has 2 N–H and O–H groups in total. The highest BCUT2D eigenvalue weighted by Crippen LogP contribution is 2.29. The molecule has 3 amide bonds. The molecule has 0 unspecified atom stereocenters. The number of halogens is 1. The summed E-state index contributed by atoms with van der Waals surface area (Å²) in [5.41, 5.74) is 2.91. The van der Waals surface area contributed by atoms with Crippen LogP contribution < -0.4 is 15.5 Å². The van der Waals surface area contributed by atoms with Crippen molar-refractivity contribution in [3.05, 3.63) is 52.5 Å². The first-order valence-corrected chi connectivity index (χ1v) is 9.38. The Morgan fingerprint density at radius 2 is 1.78 bits per heavy atom. The third-order valence-electron chi connectivity index (χ3n) is 4.39. The number of benzene rings is 2. The van der Waals surface area contributed by atoms with Crippen LogP contribution in [0.15, 0.2) is 46.9 Å². The molecule has 0 aliphatic carbocycles. The minimum atomic E-state index is -0.456. The van der Waals surface area contributed by atoms with Crippen molar-refractivity contribution in [3.63, 3.8) is 0 Å². The van der Waals surface area contributed by atoms with Crippen molar-refractivity contribution in [2.45, 2.75) is 20.3 Å². The summed E-state index contributed by atoms with van der Waals surface area (Å²) in [5, 5.41) is 5.53. The zero-order valence-electron chi connectivity index (χ0n) is 15.1. The third kappa shape index (κ3) is 4.54. The fourth-order valence-corrected chi connectivity index (χ4v) is 3.37. The average Bonchev–Trinajstić information content (AvgIpc) is 3.00. The summed E-state index contributed by atoms with van der Waals surface area (Å²) in [4.78, 5) is 38.1. The predicted octanol–water partition coefficient (Wildman–Crippen LogP) is 3.71. The number of amides is 3. The van der Waals surface area contributed by atoms with Crippen molar-refractivity contribution in [1.82, 2.24) is 0 Å². The van der Waals surface area contributed by atoms with Crippen LogP contribution in [-0.2, 0) is 14.4 Å². The zero-order valence-corrected chi connectivity index (χ0v) is 16.7. The number of carbonyl (C=O) groups is 3. The van der Waals surface area contributed by atoms with Gasteiger partial charge in [-0.3, -0.25) is 14.4 Å². The van der Waals surface area contributed by atoms with Gasteiger partial charge in [-0.15, -0.1) is 0 Å². The van der Waals surface area contributed by atoms with Crippen molar-refractivity contribution in [3.8, 4) is 0 Å². The Labute approximate surface area is 166 Å². The summed E-state index contributed by atoms with van der Waals surface area (Å²) >= 11 is 3.37. The molecule has 0 radical (unpaired) electrons. The first-order chi connectivity index (χ1) is 12.8. The van der Waals surface area contributed by atoms with Crippen LogP contribution in [0.2, 0.25) is 0 Å². The maximum absolute atomic E-state index is 12.7. The highest BCUT2D eigenvalue weighted by molar-refractivity contribution is 9.10. The Balaban J connectivity index is 1.74. The summed E-state index contributed by atoms with van der Waals surface area (Å²) in [6.07, 6.45) is 0.156. The standard InChI is InChI=1S/C20H20BrN3O3/c1-12-3-6-16(7-4-12)24-11-14(9-19(24)26)20(27)23-18-10-15(21)5-8-17(18)22-13(2)25/h3-8,10,14H,9,11H2,1-2H3,(H,22,25)(H,23,27)/t14-/m1/s1. The highest BCUT2D eigenvalue weighted by atomic mass is 79.9. The first kappa shape index (κ1) is 19.1. The number of hydrogen-bond donors (Lipinski definition) is 2. The monoisotopic (exact) mass is 429 g/mol. The van der Waals surface area contributed by atoms with Gasteiger partial charge >= 0.3 is 0 Å². The van der Waals surface area contributed by atoms with Crippen molar-refractivity contribution >= 4 is 50.7 Å². The van der Waals surface area contributed by atoms with Crippen LogP contribution in [0.1, 0.15) is 18.9 Å². The molecule has 2 aromatic carbocycles. The van der Waals surface area contributed by atoms with Crippen LogP contribution in [0.5, 0.6) is 0 Å². The molecular weight excluding hydrogens is 410 g/mol. The number of nitrogens with zero attached hydrogens (tertiary/aromatic N) is 1. The molecule has 6 nitrogen and oxygen atoms in total. The van der Waals surface area contributed by atoms with Gasteiger partial charge in [-0.25, -0.2) is 0 Å². The molecule has 0 bridgehead atoms. The summed E-state index contributed by atoms with van der Waals surface area (Å²) < 4.78 is 0.774. The lowest BCUT2D eigenvalue weighted by atomic mass is 10.1. The molecule has 0 aromatic heterocycles. The maximum atomic E-state index is 12.7. The van der Waals surface area contributed by atoms with E-state index in [1.807, 2.05) is 31.2 Å². The van der Waals surface area contributed by atoms with Gasteiger partial charge in [-0.1, -0.05) is 33.6 Å². The molecule has 0 spiro atoms. The van der Waals surface area contributed by atoms with E-state index >= 15 is 0 Å². The Morgan fingerprint density at radius 1 is 1.07 bits per heavy atom. The van der Waals surface area contributed by atoms with Crippen LogP contribution in [0.25, 0.3) is 0 Å². The summed E-state index contributed by atoms with van der Waals surface area (Å²) in [5.74, 6) is -1.00. The number of hydrogen-bond acceptors (Lipinski definition) is 3. The van der Waals surface area contributed by atoms with Gasteiger partial charge in [-0.2, -0.15) is 0 Å². The third-order valence-corrected chi connectivity index (χ3v) is 4.88.